The van der Waals surface area contributed by atoms with Crippen LogP contribution in [-0.2, 0) is 9.53 Å². The maximum absolute atomic E-state index is 9.40. The van der Waals surface area contributed by atoms with E-state index in [1.807, 2.05) is 27.7 Å². The second kappa shape index (κ2) is 15.2. The van der Waals surface area contributed by atoms with Crippen LogP contribution in [0.4, 0.5) is 0 Å². The average Bonchev–Trinajstić information content (AvgIpc) is 3.32. The van der Waals surface area contributed by atoms with Crippen LogP contribution in [0, 0.1) is 11.8 Å². The van der Waals surface area contributed by atoms with E-state index in [0.717, 1.165) is 12.7 Å². The molecule has 5 N–H and O–H groups in total. The van der Waals surface area contributed by atoms with Crippen molar-refractivity contribution in [1.29, 1.82) is 0 Å². The van der Waals surface area contributed by atoms with Crippen molar-refractivity contribution >= 4 is 6.29 Å². The van der Waals surface area contributed by atoms with E-state index in [1.54, 1.807) is 0 Å². The quantitative estimate of drug-likeness (QED) is 0.303. The summed E-state index contributed by atoms with van der Waals surface area (Å²) in [4.78, 5) is 9.40. The first-order valence-electron chi connectivity index (χ1n) is 8.04. The van der Waals surface area contributed by atoms with Crippen molar-refractivity contribution in [3.8, 4) is 0 Å². The maximum atomic E-state index is 9.40. The van der Waals surface area contributed by atoms with Crippen LogP contribution in [-0.4, -0.2) is 23.6 Å². The number of aldehydes is 1. The Labute approximate surface area is 151 Å². The predicted molar refractivity (Wildman–Crippen MR) is 106 cm³/mol. The number of hydrogen-bond acceptors (Lipinski definition) is 5. The van der Waals surface area contributed by atoms with Gasteiger partial charge in [-0.2, -0.15) is 0 Å². The fourth-order valence-electron chi connectivity index (χ4n) is 1.18. The molecule has 0 heterocycles. The van der Waals surface area contributed by atoms with Gasteiger partial charge in [0.25, 0.3) is 0 Å². The van der Waals surface area contributed by atoms with E-state index in [2.05, 4.69) is 51.5 Å². The SMILES string of the molecule is C=C=C(CN)OC(C)(C)C.CC(C)(C)C1=C[CH]1.CCCC=O.NO.[HH].[HH]. The molecule has 5 nitrogen and oxygen atoms in total. The van der Waals surface area contributed by atoms with Gasteiger partial charge in [0.15, 0.2) is 5.76 Å². The number of nitrogens with two attached hydrogens (primary N) is 2. The van der Waals surface area contributed by atoms with E-state index >= 15 is 0 Å². The summed E-state index contributed by atoms with van der Waals surface area (Å²) in [7, 11) is 0. The zero-order valence-electron chi connectivity index (χ0n) is 16.5. The number of unbranched alkanes of at least 4 members (excludes halogenated alkanes) is 1. The van der Waals surface area contributed by atoms with Crippen molar-refractivity contribution in [3.05, 3.63) is 36.1 Å². The minimum absolute atomic E-state index is 0. The van der Waals surface area contributed by atoms with Crippen LogP contribution in [0.25, 0.3) is 0 Å². The van der Waals surface area contributed by atoms with E-state index in [1.165, 1.54) is 5.57 Å². The van der Waals surface area contributed by atoms with Crippen molar-refractivity contribution < 1.29 is 17.6 Å². The Balaban J connectivity index is -0.0000000814. The van der Waals surface area contributed by atoms with Gasteiger partial charge in [-0.3, -0.25) is 0 Å². The molecule has 145 valence electrons. The lowest BCUT2D eigenvalue weighted by molar-refractivity contribution is -0.107. The molecule has 0 aromatic heterocycles. The smallest absolute Gasteiger partial charge is 0.152 e. The molecule has 1 aliphatic rings. The van der Waals surface area contributed by atoms with Crippen LogP contribution in [0.1, 0.15) is 64.2 Å². The number of carbonyl (C=O) groups is 1. The largest absolute Gasteiger partial charge is 0.483 e. The van der Waals surface area contributed by atoms with Crippen LogP contribution in [0.3, 0.4) is 0 Å². The van der Waals surface area contributed by atoms with Crippen LogP contribution < -0.4 is 11.6 Å². The van der Waals surface area contributed by atoms with E-state index in [-0.39, 0.29) is 8.45 Å². The molecule has 24 heavy (non-hydrogen) atoms. The summed E-state index contributed by atoms with van der Waals surface area (Å²) >= 11 is 0. The molecule has 0 unspecified atom stereocenters. The molecule has 0 saturated carbocycles. The number of rotatable bonds is 4. The van der Waals surface area contributed by atoms with Crippen molar-refractivity contribution in [2.45, 2.75) is 66.9 Å². The Kier molecular flexibility index (Phi) is 17.3. The number of allylic oxidation sites excluding steroid dienone is 2. The lowest BCUT2D eigenvalue weighted by Crippen LogP contribution is -2.21. The molecule has 1 aliphatic carbocycles. The first-order chi connectivity index (χ1) is 11.0. The zero-order chi connectivity index (χ0) is 19.8. The van der Waals surface area contributed by atoms with Gasteiger partial charge in [0.1, 0.15) is 11.9 Å². The standard InChI is InChI=1S/C8H15NO.C7H11.C4H8O.H3NO.2H2/c1-5-7(6-9)10-8(2,3)4;1-7(2,3)6-4-5-6;1-2-3-4-5;1-2;;/h1,6,9H2,2-4H3;4-5H,1-3H3;4H,2-3H2,1H3;2H,1H2;2*1H. The molecule has 0 saturated heterocycles. The number of ether oxygens (including phenoxy) is 1. The van der Waals surface area contributed by atoms with Gasteiger partial charge in [-0.15, -0.1) is 0 Å². The average molecular weight is 346 g/mol. The van der Waals surface area contributed by atoms with Crippen molar-refractivity contribution in [2.75, 3.05) is 6.54 Å². The van der Waals surface area contributed by atoms with Gasteiger partial charge in [0.2, 0.25) is 0 Å². The second-order valence-corrected chi connectivity index (χ2v) is 7.01. The van der Waals surface area contributed by atoms with Gasteiger partial charge in [-0.05, 0) is 32.6 Å². The molecule has 0 aromatic rings. The van der Waals surface area contributed by atoms with Crippen LogP contribution in [0.5, 0.6) is 0 Å². The van der Waals surface area contributed by atoms with Crippen molar-refractivity contribution in [1.82, 2.24) is 0 Å². The molecule has 0 amide bonds. The first kappa shape index (κ1) is 27.5. The highest BCUT2D eigenvalue weighted by Gasteiger charge is 2.22. The van der Waals surface area contributed by atoms with E-state index < -0.39 is 0 Å². The van der Waals surface area contributed by atoms with Gasteiger partial charge in [-0.1, -0.05) is 51.7 Å². The molecule has 0 aromatic carbocycles. The third kappa shape index (κ3) is 22.9. The molecule has 1 radical (unpaired) electrons. The Morgan fingerprint density at radius 3 is 1.83 bits per heavy atom. The Morgan fingerprint density at radius 1 is 1.33 bits per heavy atom. The Bertz CT molecular complexity index is 406. The third-order valence-electron chi connectivity index (χ3n) is 2.42. The lowest BCUT2D eigenvalue weighted by Gasteiger charge is -2.21. The predicted octanol–water partition coefficient (Wildman–Crippen LogP) is 4.42. The normalized spacial score (nSPS) is 11.7. The minimum Gasteiger partial charge on any atom is -0.483 e. The van der Waals surface area contributed by atoms with Gasteiger partial charge in [-0.25, -0.2) is 5.90 Å². The molecule has 0 bridgehead atoms. The van der Waals surface area contributed by atoms with Gasteiger partial charge >= 0.3 is 0 Å². The van der Waals surface area contributed by atoms with Crippen LogP contribution >= 0.6 is 0 Å². The highest BCUT2D eigenvalue weighted by Crippen LogP contribution is 2.36. The van der Waals surface area contributed by atoms with Gasteiger partial charge in [0, 0.05) is 15.7 Å². The topological polar surface area (TPSA) is 98.6 Å². The molecule has 0 atom stereocenters. The zero-order valence-corrected chi connectivity index (χ0v) is 16.5. The Hall–Kier alpha value is -1.39. The summed E-state index contributed by atoms with van der Waals surface area (Å²) in [5, 5.41) is 6.50. The summed E-state index contributed by atoms with van der Waals surface area (Å²) in [5.41, 5.74) is 9.67. The summed E-state index contributed by atoms with van der Waals surface area (Å²) in [6.45, 7) is 18.3. The summed E-state index contributed by atoms with van der Waals surface area (Å²) in [6, 6.07) is 0. The number of hydrogen-bond donors (Lipinski definition) is 3. The molecular weight excluding hydrogens is 304 g/mol. The minimum atomic E-state index is -0.195. The highest BCUT2D eigenvalue weighted by molar-refractivity contribution is 5.48. The van der Waals surface area contributed by atoms with Crippen LogP contribution in [0.15, 0.2) is 29.7 Å². The lowest BCUT2D eigenvalue weighted by atomic mass is 9.93. The van der Waals surface area contributed by atoms with E-state index in [4.69, 9.17) is 15.7 Å². The van der Waals surface area contributed by atoms with Gasteiger partial charge < -0.3 is 20.5 Å². The maximum Gasteiger partial charge on any atom is 0.152 e. The monoisotopic (exact) mass is 345 g/mol. The molecular formula is C19H41N2O3. The molecule has 1 rings (SSSR count). The summed E-state index contributed by atoms with van der Waals surface area (Å²) in [6.07, 6.45) is 6.95. The summed E-state index contributed by atoms with van der Waals surface area (Å²) in [5.74, 6) is 4.12. The molecule has 0 fully saturated rings. The van der Waals surface area contributed by atoms with Crippen molar-refractivity contribution in [3.63, 3.8) is 0 Å². The molecule has 0 aliphatic heterocycles. The number of carbonyl (C=O) groups excluding carboxylic acids is 1. The Morgan fingerprint density at radius 2 is 1.79 bits per heavy atom. The molecule has 0 spiro atoms. The van der Waals surface area contributed by atoms with E-state index in [0.29, 0.717) is 24.1 Å². The molecule has 5 heteroatoms. The second-order valence-electron chi connectivity index (χ2n) is 7.01. The fourth-order valence-corrected chi connectivity index (χ4v) is 1.18. The summed E-state index contributed by atoms with van der Waals surface area (Å²) < 4.78 is 5.35. The van der Waals surface area contributed by atoms with Gasteiger partial charge in [0.05, 0.1) is 6.54 Å². The van der Waals surface area contributed by atoms with Crippen LogP contribution in [0.2, 0.25) is 0 Å². The van der Waals surface area contributed by atoms with E-state index in [9.17, 15) is 4.79 Å². The third-order valence-corrected chi connectivity index (χ3v) is 2.42. The van der Waals surface area contributed by atoms with Crippen molar-refractivity contribution in [2.24, 2.45) is 17.0 Å². The fraction of sp³-hybridized carbons (Fsp3) is 0.632. The highest BCUT2D eigenvalue weighted by atomic mass is 16.5. The first-order valence-corrected chi connectivity index (χ1v) is 8.04.